The first kappa shape index (κ1) is 18.1. The smallest absolute Gasteiger partial charge is 0.291 e. The molecule has 2 N–H and O–H groups in total. The Morgan fingerprint density at radius 1 is 1.23 bits per heavy atom. The number of imidazole rings is 1. The fourth-order valence-electron chi connectivity index (χ4n) is 2.36. The van der Waals surface area contributed by atoms with Gasteiger partial charge in [0.05, 0.1) is 17.2 Å². The average Bonchev–Trinajstić information content (AvgIpc) is 2.96. The van der Waals surface area contributed by atoms with Crippen LogP contribution in [0.3, 0.4) is 0 Å². The molecule has 0 fully saturated rings. The van der Waals surface area contributed by atoms with E-state index in [1.54, 1.807) is 42.9 Å². The van der Waals surface area contributed by atoms with Crippen molar-refractivity contribution in [1.82, 2.24) is 24.8 Å². The molecule has 0 atom stereocenters. The molecule has 1 amide bonds. The van der Waals surface area contributed by atoms with E-state index in [0.29, 0.717) is 41.7 Å². The lowest BCUT2D eigenvalue weighted by molar-refractivity contribution is -0.121. The van der Waals surface area contributed by atoms with Crippen molar-refractivity contribution < 1.29 is 13.6 Å². The van der Waals surface area contributed by atoms with Gasteiger partial charge in [0.1, 0.15) is 12.4 Å². The minimum absolute atomic E-state index is 0.0826. The lowest BCUT2D eigenvalue weighted by atomic mass is 10.3. The van der Waals surface area contributed by atoms with Gasteiger partial charge in [0.25, 0.3) is 5.76 Å². The lowest BCUT2D eigenvalue weighted by Gasteiger charge is -2.10. The van der Waals surface area contributed by atoms with E-state index < -0.39 is 5.76 Å². The van der Waals surface area contributed by atoms with Gasteiger partial charge in [-0.1, -0.05) is 12.1 Å². The molecule has 136 valence electrons. The summed E-state index contributed by atoms with van der Waals surface area (Å²) in [4.78, 5) is 24.4. The molecule has 26 heavy (non-hydrogen) atoms. The predicted molar refractivity (Wildman–Crippen MR) is 95.1 cm³/mol. The van der Waals surface area contributed by atoms with Gasteiger partial charge in [-0.25, -0.2) is 9.97 Å². The van der Waals surface area contributed by atoms with Crippen molar-refractivity contribution in [3.63, 3.8) is 0 Å². The van der Waals surface area contributed by atoms with Gasteiger partial charge >= 0.3 is 0 Å². The number of benzene rings is 1. The fourth-order valence-corrected chi connectivity index (χ4v) is 2.96. The van der Waals surface area contributed by atoms with Crippen LogP contribution in [0.25, 0.3) is 11.0 Å². The van der Waals surface area contributed by atoms with Gasteiger partial charge in [-0.3, -0.25) is 9.78 Å². The molecule has 10 heteroatoms. The molecule has 2 heterocycles. The van der Waals surface area contributed by atoms with E-state index in [0.717, 1.165) is 0 Å². The molecule has 7 nitrogen and oxygen atoms in total. The standard InChI is InChI=1S/C16H16F2N6OS/c17-15(18)26-16-23-11-3-1-2-4-12(11)24(16)10-14(25)22-8-7-21-13-9-19-5-6-20-13/h1-6,9,15H,7-8,10H2,(H,20,21)(H,22,25). The van der Waals surface area contributed by atoms with Crippen LogP contribution in [0.2, 0.25) is 0 Å². The Morgan fingerprint density at radius 3 is 2.85 bits per heavy atom. The summed E-state index contributed by atoms with van der Waals surface area (Å²) in [6, 6.07) is 7.03. The van der Waals surface area contributed by atoms with Gasteiger partial charge < -0.3 is 15.2 Å². The molecule has 0 bridgehead atoms. The maximum Gasteiger partial charge on any atom is 0.291 e. The third kappa shape index (κ3) is 4.66. The van der Waals surface area contributed by atoms with Gasteiger partial charge in [0.15, 0.2) is 5.16 Å². The third-order valence-corrected chi connectivity index (χ3v) is 4.13. The number of halogens is 2. The molecule has 0 aliphatic rings. The Labute approximate surface area is 152 Å². The van der Waals surface area contributed by atoms with E-state index in [4.69, 9.17) is 0 Å². The van der Waals surface area contributed by atoms with E-state index in [2.05, 4.69) is 25.6 Å². The molecule has 0 saturated carbocycles. The maximum absolute atomic E-state index is 12.8. The largest absolute Gasteiger partial charge is 0.367 e. The monoisotopic (exact) mass is 378 g/mol. The molecule has 0 saturated heterocycles. The van der Waals surface area contributed by atoms with Gasteiger partial charge in [-0.2, -0.15) is 8.78 Å². The first-order chi connectivity index (χ1) is 12.6. The molecule has 3 aromatic rings. The van der Waals surface area contributed by atoms with Gasteiger partial charge in [0.2, 0.25) is 5.91 Å². The third-order valence-electron chi connectivity index (χ3n) is 3.43. The van der Waals surface area contributed by atoms with Crippen molar-refractivity contribution >= 4 is 34.5 Å². The highest BCUT2D eigenvalue weighted by atomic mass is 32.2. The van der Waals surface area contributed by atoms with Crippen molar-refractivity contribution in [1.29, 1.82) is 0 Å². The summed E-state index contributed by atoms with van der Waals surface area (Å²) < 4.78 is 27.0. The van der Waals surface area contributed by atoms with E-state index >= 15 is 0 Å². The maximum atomic E-state index is 12.8. The Bertz CT molecular complexity index is 874. The summed E-state index contributed by atoms with van der Waals surface area (Å²) in [5, 5.41) is 5.88. The number of hydrogen-bond acceptors (Lipinski definition) is 6. The summed E-state index contributed by atoms with van der Waals surface area (Å²) in [5.41, 5.74) is 1.22. The molecular weight excluding hydrogens is 362 g/mol. The number of carbonyl (C=O) groups is 1. The zero-order valence-corrected chi connectivity index (χ0v) is 14.4. The van der Waals surface area contributed by atoms with E-state index in [1.807, 2.05) is 0 Å². The van der Waals surface area contributed by atoms with Gasteiger partial charge in [0, 0.05) is 25.5 Å². The number of para-hydroxylation sites is 2. The molecule has 0 spiro atoms. The second-order valence-corrected chi connectivity index (χ2v) is 6.17. The van der Waals surface area contributed by atoms with Crippen LogP contribution in [0.4, 0.5) is 14.6 Å². The summed E-state index contributed by atoms with van der Waals surface area (Å²) in [7, 11) is 0. The van der Waals surface area contributed by atoms with Crippen LogP contribution in [0.15, 0.2) is 48.0 Å². The highest BCUT2D eigenvalue weighted by molar-refractivity contribution is 7.99. The van der Waals surface area contributed by atoms with Crippen LogP contribution >= 0.6 is 11.8 Å². The Balaban J connectivity index is 1.59. The summed E-state index contributed by atoms with van der Waals surface area (Å²) in [6.45, 7) is 0.744. The second kappa shape index (κ2) is 8.56. The highest BCUT2D eigenvalue weighted by Crippen LogP contribution is 2.28. The SMILES string of the molecule is O=C(Cn1c(SC(F)F)nc2ccccc21)NCCNc1cnccn1. The molecule has 3 rings (SSSR count). The normalized spacial score (nSPS) is 11.0. The van der Waals surface area contributed by atoms with Crippen LogP contribution in [-0.2, 0) is 11.3 Å². The fraction of sp³-hybridized carbons (Fsp3) is 0.250. The summed E-state index contributed by atoms with van der Waals surface area (Å²) in [5.74, 6) is -2.28. The Hall–Kier alpha value is -2.75. The van der Waals surface area contributed by atoms with Crippen LogP contribution in [0.1, 0.15) is 0 Å². The predicted octanol–water partition coefficient (Wildman–Crippen LogP) is 2.37. The van der Waals surface area contributed by atoms with Gasteiger partial charge in [-0.05, 0) is 23.9 Å². The van der Waals surface area contributed by atoms with E-state index in [9.17, 15) is 13.6 Å². The number of rotatable bonds is 8. The first-order valence-corrected chi connectivity index (χ1v) is 8.68. The van der Waals surface area contributed by atoms with Crippen molar-refractivity contribution in [3.05, 3.63) is 42.9 Å². The quantitative estimate of drug-likeness (QED) is 0.462. The number of alkyl halides is 2. The molecular formula is C16H16F2N6OS. The number of fused-ring (bicyclic) bond motifs is 1. The summed E-state index contributed by atoms with van der Waals surface area (Å²) >= 11 is 0.329. The van der Waals surface area contributed by atoms with Gasteiger partial charge in [-0.15, -0.1) is 0 Å². The zero-order valence-electron chi connectivity index (χ0n) is 13.6. The van der Waals surface area contributed by atoms with Crippen LogP contribution in [0.5, 0.6) is 0 Å². The second-order valence-electron chi connectivity index (χ2n) is 5.22. The molecule has 0 aliphatic heterocycles. The number of amides is 1. The summed E-state index contributed by atoms with van der Waals surface area (Å²) in [6.07, 6.45) is 4.71. The van der Waals surface area contributed by atoms with E-state index in [-0.39, 0.29) is 17.6 Å². The number of nitrogens with one attached hydrogen (secondary N) is 2. The van der Waals surface area contributed by atoms with Crippen LogP contribution in [0, 0.1) is 0 Å². The highest BCUT2D eigenvalue weighted by Gasteiger charge is 2.17. The molecule has 0 aliphatic carbocycles. The number of aromatic nitrogens is 4. The van der Waals surface area contributed by atoms with Crippen LogP contribution in [-0.4, -0.2) is 44.3 Å². The topological polar surface area (TPSA) is 84.7 Å². The molecule has 2 aromatic heterocycles. The minimum atomic E-state index is -2.61. The number of thioether (sulfide) groups is 1. The molecule has 1 aromatic carbocycles. The zero-order chi connectivity index (χ0) is 18.4. The van der Waals surface area contributed by atoms with Crippen molar-refractivity contribution in [3.8, 4) is 0 Å². The average molecular weight is 378 g/mol. The van der Waals surface area contributed by atoms with Crippen molar-refractivity contribution in [2.24, 2.45) is 0 Å². The Kier molecular flexibility index (Phi) is 5.95. The van der Waals surface area contributed by atoms with Crippen molar-refractivity contribution in [2.75, 3.05) is 18.4 Å². The minimum Gasteiger partial charge on any atom is -0.367 e. The molecule has 0 unspecified atom stereocenters. The number of hydrogen-bond donors (Lipinski definition) is 2. The number of nitrogens with zero attached hydrogens (tertiary/aromatic N) is 4. The van der Waals surface area contributed by atoms with Crippen molar-refractivity contribution in [2.45, 2.75) is 17.5 Å². The van der Waals surface area contributed by atoms with E-state index in [1.165, 1.54) is 4.57 Å². The molecule has 0 radical (unpaired) electrons. The Morgan fingerprint density at radius 2 is 2.08 bits per heavy atom. The first-order valence-electron chi connectivity index (χ1n) is 7.80. The number of carbonyl (C=O) groups excluding carboxylic acids is 1. The number of anilines is 1. The lowest BCUT2D eigenvalue weighted by Crippen LogP contribution is -2.32. The van der Waals surface area contributed by atoms with Crippen LogP contribution < -0.4 is 10.6 Å².